The maximum atomic E-state index is 4.85. The first-order valence-electron chi connectivity index (χ1n) is 4.92. The third-order valence-corrected chi connectivity index (χ3v) is 1.56. The summed E-state index contributed by atoms with van der Waals surface area (Å²) >= 11 is 0. The van der Waals surface area contributed by atoms with Gasteiger partial charge in [-0.2, -0.15) is 0 Å². The molecule has 0 aliphatic carbocycles. The van der Waals surface area contributed by atoms with E-state index in [1.807, 2.05) is 6.92 Å². The molecule has 0 amide bonds. The first-order valence-corrected chi connectivity index (χ1v) is 4.92. The lowest BCUT2D eigenvalue weighted by molar-refractivity contribution is 0.480. The third-order valence-electron chi connectivity index (χ3n) is 1.56. The van der Waals surface area contributed by atoms with Crippen LogP contribution in [0.3, 0.4) is 0 Å². The molecule has 0 bridgehead atoms. The fraction of sp³-hybridized carbons (Fsp3) is 1.00. The Labute approximate surface area is 72.4 Å². The Morgan fingerprint density at radius 3 is 1.45 bits per heavy atom. The Balaban J connectivity index is 0. The van der Waals surface area contributed by atoms with E-state index in [1.54, 1.807) is 0 Å². The molecular formula is C10H25N. The van der Waals surface area contributed by atoms with Crippen LogP contribution in [-0.2, 0) is 0 Å². The molecule has 11 heavy (non-hydrogen) atoms. The van der Waals surface area contributed by atoms with Crippen molar-refractivity contribution >= 4 is 0 Å². The summed E-state index contributed by atoms with van der Waals surface area (Å²) in [7, 11) is 0. The molecule has 2 N–H and O–H groups in total. The Bertz CT molecular complexity index is 46.8. The Hall–Kier alpha value is -0.0400. The normalized spacial score (nSPS) is 9.27. The summed E-state index contributed by atoms with van der Waals surface area (Å²) in [4.78, 5) is 0. The molecule has 0 spiro atoms. The van der Waals surface area contributed by atoms with Gasteiger partial charge in [0, 0.05) is 0 Å². The van der Waals surface area contributed by atoms with E-state index in [0.717, 1.165) is 12.5 Å². The Morgan fingerprint density at radius 2 is 1.27 bits per heavy atom. The quantitative estimate of drug-likeness (QED) is 0.670. The molecule has 0 saturated carbocycles. The van der Waals surface area contributed by atoms with Crippen LogP contribution in [0.15, 0.2) is 0 Å². The van der Waals surface area contributed by atoms with Crippen molar-refractivity contribution in [2.24, 2.45) is 11.7 Å². The van der Waals surface area contributed by atoms with Gasteiger partial charge >= 0.3 is 0 Å². The summed E-state index contributed by atoms with van der Waals surface area (Å²) in [6, 6.07) is 0. The molecule has 0 atom stereocenters. The van der Waals surface area contributed by atoms with Crippen LogP contribution in [-0.4, -0.2) is 6.54 Å². The van der Waals surface area contributed by atoms with Gasteiger partial charge in [-0.15, -0.1) is 0 Å². The molecule has 0 unspecified atom stereocenters. The first kappa shape index (κ1) is 13.5. The van der Waals surface area contributed by atoms with Gasteiger partial charge in [-0.1, -0.05) is 53.4 Å². The van der Waals surface area contributed by atoms with E-state index in [4.69, 9.17) is 5.73 Å². The lowest BCUT2D eigenvalue weighted by atomic mass is 10.0. The summed E-state index contributed by atoms with van der Waals surface area (Å²) < 4.78 is 0. The van der Waals surface area contributed by atoms with Crippen molar-refractivity contribution in [1.82, 2.24) is 0 Å². The minimum atomic E-state index is 0.750. The average molecular weight is 159 g/mol. The van der Waals surface area contributed by atoms with Gasteiger partial charge in [0.2, 0.25) is 0 Å². The highest BCUT2D eigenvalue weighted by atomic mass is 14.5. The van der Waals surface area contributed by atoms with Crippen LogP contribution in [0.5, 0.6) is 0 Å². The zero-order valence-corrected chi connectivity index (χ0v) is 8.69. The molecule has 0 aliphatic heterocycles. The third kappa shape index (κ3) is 17.8. The summed E-state index contributed by atoms with van der Waals surface area (Å²) in [6.45, 7) is 9.51. The number of hydrogen-bond donors (Lipinski definition) is 1. The van der Waals surface area contributed by atoms with Crippen LogP contribution in [0, 0.1) is 5.92 Å². The van der Waals surface area contributed by atoms with Crippen molar-refractivity contribution in [3.63, 3.8) is 0 Å². The van der Waals surface area contributed by atoms with Gasteiger partial charge in [-0.3, -0.25) is 0 Å². The fourth-order valence-electron chi connectivity index (χ4n) is 1.13. The van der Waals surface area contributed by atoms with Crippen molar-refractivity contribution in [2.45, 2.75) is 53.4 Å². The predicted octanol–water partition coefficient (Wildman–Crippen LogP) is 3.19. The van der Waals surface area contributed by atoms with Crippen molar-refractivity contribution < 1.29 is 0 Å². The maximum absolute atomic E-state index is 4.85. The monoisotopic (exact) mass is 159 g/mol. The van der Waals surface area contributed by atoms with E-state index in [1.165, 1.54) is 25.7 Å². The minimum Gasteiger partial charge on any atom is -0.331 e. The van der Waals surface area contributed by atoms with E-state index in [9.17, 15) is 0 Å². The van der Waals surface area contributed by atoms with Gasteiger partial charge < -0.3 is 5.73 Å². The van der Waals surface area contributed by atoms with Crippen molar-refractivity contribution in [3.05, 3.63) is 0 Å². The zero-order chi connectivity index (χ0) is 9.11. The summed E-state index contributed by atoms with van der Waals surface area (Å²) in [6.07, 6.45) is 5.52. The Morgan fingerprint density at radius 1 is 1.00 bits per heavy atom. The van der Waals surface area contributed by atoms with Gasteiger partial charge in [0.05, 0.1) is 0 Å². The summed E-state index contributed by atoms with van der Waals surface area (Å²) in [5.41, 5.74) is 4.85. The number of rotatable bonds is 4. The Kier molecular flexibility index (Phi) is 15.5. The van der Waals surface area contributed by atoms with Gasteiger partial charge in [-0.05, 0) is 12.5 Å². The number of nitrogens with two attached hydrogens (primary N) is 1. The second kappa shape index (κ2) is 12.6. The molecule has 0 heterocycles. The fourth-order valence-corrected chi connectivity index (χ4v) is 1.13. The largest absolute Gasteiger partial charge is 0.331 e. The second-order valence-electron chi connectivity index (χ2n) is 3.09. The topological polar surface area (TPSA) is 26.0 Å². The van der Waals surface area contributed by atoms with E-state index >= 15 is 0 Å². The molecular weight excluding hydrogens is 134 g/mol. The second-order valence-corrected chi connectivity index (χ2v) is 3.09. The molecule has 0 aliphatic rings. The highest BCUT2D eigenvalue weighted by Crippen LogP contribution is 2.10. The van der Waals surface area contributed by atoms with E-state index in [2.05, 4.69) is 20.8 Å². The SMILES string of the molecule is CCCC(C)CCC.CCN. The molecule has 0 fully saturated rings. The molecule has 70 valence electrons. The van der Waals surface area contributed by atoms with E-state index < -0.39 is 0 Å². The maximum Gasteiger partial charge on any atom is -0.0106 e. The molecule has 0 aromatic heterocycles. The molecule has 1 heteroatoms. The van der Waals surface area contributed by atoms with Gasteiger partial charge in [0.1, 0.15) is 0 Å². The smallest absolute Gasteiger partial charge is 0.0106 e. The molecule has 0 saturated heterocycles. The minimum absolute atomic E-state index is 0.750. The summed E-state index contributed by atoms with van der Waals surface area (Å²) in [5.74, 6) is 0.963. The van der Waals surface area contributed by atoms with E-state index in [-0.39, 0.29) is 0 Å². The summed E-state index contributed by atoms with van der Waals surface area (Å²) in [5, 5.41) is 0. The molecule has 1 nitrogen and oxygen atoms in total. The van der Waals surface area contributed by atoms with Gasteiger partial charge in [-0.25, -0.2) is 0 Å². The van der Waals surface area contributed by atoms with Crippen LogP contribution in [0.25, 0.3) is 0 Å². The molecule has 0 aromatic rings. The number of hydrogen-bond acceptors (Lipinski definition) is 1. The van der Waals surface area contributed by atoms with Crippen molar-refractivity contribution in [3.8, 4) is 0 Å². The lowest BCUT2D eigenvalue weighted by Crippen LogP contribution is -1.91. The average Bonchev–Trinajstić information content (AvgIpc) is 1.90. The first-order chi connectivity index (χ1) is 5.22. The highest BCUT2D eigenvalue weighted by Gasteiger charge is 1.95. The predicted molar refractivity (Wildman–Crippen MR) is 53.7 cm³/mol. The lowest BCUT2D eigenvalue weighted by Gasteiger charge is -2.05. The van der Waals surface area contributed by atoms with Crippen LogP contribution in [0.4, 0.5) is 0 Å². The zero-order valence-electron chi connectivity index (χ0n) is 8.69. The van der Waals surface area contributed by atoms with Crippen LogP contribution < -0.4 is 5.73 Å². The molecule has 0 rings (SSSR count). The van der Waals surface area contributed by atoms with Crippen LogP contribution >= 0.6 is 0 Å². The van der Waals surface area contributed by atoms with Gasteiger partial charge in [0.25, 0.3) is 0 Å². The van der Waals surface area contributed by atoms with Gasteiger partial charge in [0.15, 0.2) is 0 Å². The van der Waals surface area contributed by atoms with Crippen LogP contribution in [0.2, 0.25) is 0 Å². The van der Waals surface area contributed by atoms with E-state index in [0.29, 0.717) is 0 Å². The highest BCUT2D eigenvalue weighted by molar-refractivity contribution is 4.48. The van der Waals surface area contributed by atoms with Crippen molar-refractivity contribution in [2.75, 3.05) is 6.54 Å². The standard InChI is InChI=1S/C8H18.C2H7N/c1-4-6-8(3)7-5-2;1-2-3/h8H,4-7H2,1-3H3;2-3H2,1H3. The molecule has 0 radical (unpaired) electrons. The molecule has 0 aromatic carbocycles. The van der Waals surface area contributed by atoms with Crippen LogP contribution in [0.1, 0.15) is 53.4 Å². The van der Waals surface area contributed by atoms with Crippen molar-refractivity contribution in [1.29, 1.82) is 0 Å².